The number of rotatable bonds is 5. The highest BCUT2D eigenvalue weighted by atomic mass is 16.2. The molecule has 1 amide bonds. The quantitative estimate of drug-likeness (QED) is 0.583. The monoisotopic (exact) mass is 244 g/mol. The Balaban J connectivity index is 1.77. The Morgan fingerprint density at radius 3 is 2.83 bits per heavy atom. The van der Waals surface area contributed by atoms with Gasteiger partial charge in [-0.05, 0) is 18.4 Å². The third-order valence-electron chi connectivity index (χ3n) is 3.17. The zero-order valence-electron chi connectivity index (χ0n) is 10.2. The van der Waals surface area contributed by atoms with Crippen LogP contribution in [0.3, 0.4) is 0 Å². The van der Waals surface area contributed by atoms with Gasteiger partial charge in [-0.3, -0.25) is 4.79 Å². The fourth-order valence-corrected chi connectivity index (χ4v) is 2.25. The number of nitrogens with zero attached hydrogens (tertiary/aromatic N) is 2. The number of carbonyl (C=O) groups is 1. The van der Waals surface area contributed by atoms with E-state index in [1.54, 1.807) is 4.90 Å². The molecule has 1 aromatic carbocycles. The molecule has 0 bridgehead atoms. The lowest BCUT2D eigenvalue weighted by Gasteiger charge is -2.15. The van der Waals surface area contributed by atoms with Gasteiger partial charge in [0, 0.05) is 13.1 Å². The Hall–Kier alpha value is -1.93. The topological polar surface area (TPSA) is 49.7 Å². The molecule has 18 heavy (non-hydrogen) atoms. The molecule has 1 aliphatic rings. The smallest absolute Gasteiger partial charge is 0.235 e. The fraction of sp³-hybridized carbons (Fsp3) is 0.429. The number of hydrogen-bond donors (Lipinski definition) is 0. The van der Waals surface area contributed by atoms with Crippen LogP contribution >= 0.6 is 0 Å². The van der Waals surface area contributed by atoms with E-state index in [1.165, 1.54) is 11.6 Å². The summed E-state index contributed by atoms with van der Waals surface area (Å²) in [4.78, 5) is 27.2. The van der Waals surface area contributed by atoms with Crippen molar-refractivity contribution < 1.29 is 9.59 Å². The zero-order chi connectivity index (χ0) is 12.8. The van der Waals surface area contributed by atoms with Crippen LogP contribution in [0.2, 0.25) is 0 Å². The van der Waals surface area contributed by atoms with Crippen molar-refractivity contribution in [3.8, 4) is 0 Å². The van der Waals surface area contributed by atoms with Crippen LogP contribution in [0.5, 0.6) is 0 Å². The van der Waals surface area contributed by atoms with Gasteiger partial charge in [0.15, 0.2) is 0 Å². The Bertz CT molecular complexity index is 452. The molecule has 94 valence electrons. The molecule has 1 heterocycles. The first-order chi connectivity index (χ1) is 8.79. The second-order valence-electron chi connectivity index (χ2n) is 4.51. The molecule has 1 unspecified atom stereocenters. The molecule has 0 N–H and O–H groups in total. The van der Waals surface area contributed by atoms with Crippen LogP contribution in [-0.2, 0) is 16.0 Å². The standard InChI is InChI=1S/C14H16N2O2/c17-11-15-13-9-14(18)16(10-13)8-4-7-12-5-2-1-3-6-12/h1-3,5-6,13H,4,7-10H2. The van der Waals surface area contributed by atoms with Gasteiger partial charge in [0.2, 0.25) is 12.0 Å². The maximum absolute atomic E-state index is 11.6. The molecule has 2 rings (SSSR count). The molecule has 1 atom stereocenters. The number of aryl methyl sites for hydroxylation is 1. The van der Waals surface area contributed by atoms with Crippen molar-refractivity contribution in [1.82, 2.24) is 4.90 Å². The second-order valence-corrected chi connectivity index (χ2v) is 4.51. The molecule has 0 radical (unpaired) electrons. The Morgan fingerprint density at radius 2 is 2.11 bits per heavy atom. The van der Waals surface area contributed by atoms with E-state index in [9.17, 15) is 9.59 Å². The molecule has 1 aliphatic heterocycles. The average Bonchev–Trinajstić information content (AvgIpc) is 2.72. The molecule has 0 saturated carbocycles. The van der Waals surface area contributed by atoms with Crippen LogP contribution in [0.1, 0.15) is 18.4 Å². The summed E-state index contributed by atoms with van der Waals surface area (Å²) < 4.78 is 0. The summed E-state index contributed by atoms with van der Waals surface area (Å²) in [5.74, 6) is 0.0899. The Morgan fingerprint density at radius 1 is 1.33 bits per heavy atom. The molecule has 0 aliphatic carbocycles. The SMILES string of the molecule is O=C=NC1CC(=O)N(CCCc2ccccc2)C1. The molecular formula is C14H16N2O2. The van der Waals surface area contributed by atoms with Crippen LogP contribution < -0.4 is 0 Å². The van der Waals surface area contributed by atoms with E-state index in [0.717, 1.165) is 19.4 Å². The number of amides is 1. The highest BCUT2D eigenvalue weighted by Crippen LogP contribution is 2.14. The van der Waals surface area contributed by atoms with Crippen molar-refractivity contribution in [3.05, 3.63) is 35.9 Å². The molecule has 1 aromatic rings. The lowest BCUT2D eigenvalue weighted by Crippen LogP contribution is -2.27. The summed E-state index contributed by atoms with van der Waals surface area (Å²) in [6, 6.07) is 10.0. The lowest BCUT2D eigenvalue weighted by molar-refractivity contribution is -0.127. The van der Waals surface area contributed by atoms with Crippen molar-refractivity contribution in [2.24, 2.45) is 4.99 Å². The van der Waals surface area contributed by atoms with Crippen LogP contribution in [0, 0.1) is 0 Å². The highest BCUT2D eigenvalue weighted by molar-refractivity contribution is 5.79. The van der Waals surface area contributed by atoms with Gasteiger partial charge < -0.3 is 4.90 Å². The maximum atomic E-state index is 11.6. The van der Waals surface area contributed by atoms with Crippen molar-refractivity contribution in [1.29, 1.82) is 0 Å². The average molecular weight is 244 g/mol. The number of likely N-dealkylation sites (tertiary alicyclic amines) is 1. The summed E-state index contributed by atoms with van der Waals surface area (Å²) in [6.07, 6.45) is 3.78. The van der Waals surface area contributed by atoms with Crippen molar-refractivity contribution in [3.63, 3.8) is 0 Å². The van der Waals surface area contributed by atoms with Gasteiger partial charge in [0.1, 0.15) is 0 Å². The van der Waals surface area contributed by atoms with Gasteiger partial charge in [-0.1, -0.05) is 30.3 Å². The van der Waals surface area contributed by atoms with E-state index < -0.39 is 0 Å². The molecule has 4 nitrogen and oxygen atoms in total. The van der Waals surface area contributed by atoms with Crippen molar-refractivity contribution in [2.75, 3.05) is 13.1 Å². The summed E-state index contributed by atoms with van der Waals surface area (Å²) in [5.41, 5.74) is 1.28. The number of benzene rings is 1. The predicted molar refractivity (Wildman–Crippen MR) is 67.9 cm³/mol. The minimum absolute atomic E-state index is 0.0899. The fourth-order valence-electron chi connectivity index (χ4n) is 2.25. The van der Waals surface area contributed by atoms with Crippen molar-refractivity contribution >= 4 is 12.0 Å². The number of isocyanates is 1. The number of aliphatic imine (C=N–C) groups is 1. The van der Waals surface area contributed by atoms with Crippen LogP contribution in [0.25, 0.3) is 0 Å². The van der Waals surface area contributed by atoms with E-state index in [4.69, 9.17) is 0 Å². The first kappa shape index (κ1) is 12.5. The van der Waals surface area contributed by atoms with Gasteiger partial charge in [0.25, 0.3) is 0 Å². The molecule has 1 saturated heterocycles. The number of hydrogen-bond acceptors (Lipinski definition) is 3. The third-order valence-corrected chi connectivity index (χ3v) is 3.17. The predicted octanol–water partition coefficient (Wildman–Crippen LogP) is 1.56. The summed E-state index contributed by atoms with van der Waals surface area (Å²) in [6.45, 7) is 1.29. The maximum Gasteiger partial charge on any atom is 0.235 e. The molecule has 4 heteroatoms. The highest BCUT2D eigenvalue weighted by Gasteiger charge is 2.28. The zero-order valence-corrected chi connectivity index (χ0v) is 10.2. The second kappa shape index (κ2) is 6.12. The Labute approximate surface area is 106 Å². The van der Waals surface area contributed by atoms with E-state index in [1.807, 2.05) is 18.2 Å². The van der Waals surface area contributed by atoms with Crippen molar-refractivity contribution in [2.45, 2.75) is 25.3 Å². The summed E-state index contributed by atoms with van der Waals surface area (Å²) >= 11 is 0. The molecule has 0 aromatic heterocycles. The van der Waals surface area contributed by atoms with Crippen LogP contribution in [0.15, 0.2) is 35.3 Å². The van der Waals surface area contributed by atoms with E-state index in [2.05, 4.69) is 17.1 Å². The van der Waals surface area contributed by atoms with Crippen LogP contribution in [0.4, 0.5) is 0 Å². The third kappa shape index (κ3) is 3.28. The molecule has 0 spiro atoms. The lowest BCUT2D eigenvalue weighted by atomic mass is 10.1. The first-order valence-corrected chi connectivity index (χ1v) is 6.18. The normalized spacial score (nSPS) is 18.8. The Kier molecular flexibility index (Phi) is 4.26. The van der Waals surface area contributed by atoms with Gasteiger partial charge in [-0.15, -0.1) is 0 Å². The van der Waals surface area contributed by atoms with E-state index in [0.29, 0.717) is 13.0 Å². The molecular weight excluding hydrogens is 228 g/mol. The van der Waals surface area contributed by atoms with Crippen LogP contribution in [-0.4, -0.2) is 36.0 Å². The van der Waals surface area contributed by atoms with E-state index >= 15 is 0 Å². The minimum Gasteiger partial charge on any atom is -0.340 e. The number of carbonyl (C=O) groups excluding carboxylic acids is 2. The van der Waals surface area contributed by atoms with E-state index in [-0.39, 0.29) is 11.9 Å². The minimum atomic E-state index is -0.188. The summed E-state index contributed by atoms with van der Waals surface area (Å²) in [5, 5.41) is 0. The van der Waals surface area contributed by atoms with Gasteiger partial charge >= 0.3 is 0 Å². The molecule has 1 fully saturated rings. The van der Waals surface area contributed by atoms with Gasteiger partial charge in [-0.2, -0.15) is 0 Å². The largest absolute Gasteiger partial charge is 0.340 e. The first-order valence-electron chi connectivity index (χ1n) is 6.18. The van der Waals surface area contributed by atoms with Gasteiger partial charge in [0.05, 0.1) is 12.5 Å². The summed E-state index contributed by atoms with van der Waals surface area (Å²) in [7, 11) is 0. The van der Waals surface area contributed by atoms with Gasteiger partial charge in [-0.25, -0.2) is 9.79 Å².